The van der Waals surface area contributed by atoms with Gasteiger partial charge in [0.05, 0.1) is 6.42 Å². The van der Waals surface area contributed by atoms with Gasteiger partial charge in [0.25, 0.3) is 0 Å². The Labute approximate surface area is 219 Å². The highest BCUT2D eigenvalue weighted by molar-refractivity contribution is 5.94. The lowest BCUT2D eigenvalue weighted by atomic mass is 9.94. The van der Waals surface area contributed by atoms with E-state index in [0.717, 1.165) is 38.5 Å². The van der Waals surface area contributed by atoms with Crippen molar-refractivity contribution in [3.63, 3.8) is 0 Å². The van der Waals surface area contributed by atoms with Crippen LogP contribution in [-0.4, -0.2) is 58.1 Å². The van der Waals surface area contributed by atoms with Crippen LogP contribution in [0.5, 0.6) is 5.75 Å². The number of carbonyl (C=O) groups excluding carboxylic acids is 4. The van der Waals surface area contributed by atoms with Crippen molar-refractivity contribution in [1.82, 2.24) is 15.5 Å². The SMILES string of the molecule is CCCCN(C(=O)C(CC(N)=O)NC(=O)OC(C)(C)C)C(C(=O)NC1CCCCC1)c1ccc(O)cc1. The summed E-state index contributed by atoms with van der Waals surface area (Å²) < 4.78 is 5.29. The number of aromatic hydroxyl groups is 1. The first-order valence-corrected chi connectivity index (χ1v) is 13.1. The van der Waals surface area contributed by atoms with E-state index in [1.54, 1.807) is 32.9 Å². The van der Waals surface area contributed by atoms with Gasteiger partial charge in [-0.05, 0) is 57.7 Å². The van der Waals surface area contributed by atoms with Crippen molar-refractivity contribution in [3.05, 3.63) is 29.8 Å². The third-order valence-electron chi connectivity index (χ3n) is 6.15. The molecule has 1 aromatic carbocycles. The maximum Gasteiger partial charge on any atom is 0.408 e. The first-order chi connectivity index (χ1) is 17.4. The molecule has 10 heteroatoms. The largest absolute Gasteiger partial charge is 0.508 e. The number of alkyl carbamates (subject to hydrolysis) is 1. The van der Waals surface area contributed by atoms with E-state index >= 15 is 0 Å². The number of amides is 4. The molecule has 37 heavy (non-hydrogen) atoms. The Morgan fingerprint density at radius 1 is 1.11 bits per heavy atom. The van der Waals surface area contributed by atoms with Gasteiger partial charge in [0, 0.05) is 12.6 Å². The van der Waals surface area contributed by atoms with Gasteiger partial charge in [-0.2, -0.15) is 0 Å². The first-order valence-electron chi connectivity index (χ1n) is 13.1. The number of rotatable bonds is 11. The molecular formula is C27H42N4O6. The molecule has 2 atom stereocenters. The molecule has 2 unspecified atom stereocenters. The van der Waals surface area contributed by atoms with Crippen LogP contribution in [0.4, 0.5) is 4.79 Å². The fourth-order valence-electron chi connectivity index (χ4n) is 4.40. The smallest absolute Gasteiger partial charge is 0.408 e. The number of carbonyl (C=O) groups is 4. The third-order valence-corrected chi connectivity index (χ3v) is 6.15. The number of ether oxygens (including phenoxy) is 1. The number of nitrogens with zero attached hydrogens (tertiary/aromatic N) is 1. The topological polar surface area (TPSA) is 151 Å². The minimum atomic E-state index is -1.31. The Balaban J connectivity index is 2.44. The number of nitrogens with one attached hydrogen (secondary N) is 2. The summed E-state index contributed by atoms with van der Waals surface area (Å²) in [5, 5.41) is 15.4. The number of hydrogen-bond acceptors (Lipinski definition) is 6. The predicted octanol–water partition coefficient (Wildman–Crippen LogP) is 3.28. The first kappa shape index (κ1) is 29.9. The van der Waals surface area contributed by atoms with Crippen LogP contribution in [0.1, 0.15) is 90.7 Å². The second kappa shape index (κ2) is 13.9. The molecule has 0 saturated heterocycles. The Morgan fingerprint density at radius 3 is 2.27 bits per heavy atom. The molecule has 1 saturated carbocycles. The molecule has 0 bridgehead atoms. The number of hydrogen-bond donors (Lipinski definition) is 4. The highest BCUT2D eigenvalue weighted by Gasteiger charge is 2.37. The zero-order valence-corrected chi connectivity index (χ0v) is 22.4. The summed E-state index contributed by atoms with van der Waals surface area (Å²) in [6, 6.07) is 3.76. The Kier molecular flexibility index (Phi) is 11.2. The quantitative estimate of drug-likeness (QED) is 0.353. The van der Waals surface area contributed by atoms with Gasteiger partial charge in [-0.25, -0.2) is 4.79 Å². The molecule has 1 fully saturated rings. The van der Waals surface area contributed by atoms with Crippen LogP contribution in [-0.2, 0) is 19.1 Å². The number of nitrogens with two attached hydrogens (primary N) is 1. The van der Waals surface area contributed by atoms with E-state index in [9.17, 15) is 24.3 Å². The summed E-state index contributed by atoms with van der Waals surface area (Å²) in [7, 11) is 0. The average Bonchev–Trinajstić information content (AvgIpc) is 2.81. The molecular weight excluding hydrogens is 476 g/mol. The van der Waals surface area contributed by atoms with Gasteiger partial charge in [-0.1, -0.05) is 44.7 Å². The average molecular weight is 519 g/mol. The van der Waals surface area contributed by atoms with Crippen LogP contribution in [0, 0.1) is 0 Å². The van der Waals surface area contributed by atoms with Crippen molar-refractivity contribution in [2.24, 2.45) is 5.73 Å². The predicted molar refractivity (Wildman–Crippen MR) is 139 cm³/mol. The van der Waals surface area contributed by atoms with Crippen molar-refractivity contribution in [2.75, 3.05) is 6.54 Å². The highest BCUT2D eigenvalue weighted by Crippen LogP contribution is 2.27. The van der Waals surface area contributed by atoms with Crippen molar-refractivity contribution in [3.8, 4) is 5.75 Å². The number of phenols is 1. The summed E-state index contributed by atoms with van der Waals surface area (Å²) in [6.45, 7) is 7.22. The Morgan fingerprint density at radius 2 is 1.73 bits per heavy atom. The van der Waals surface area contributed by atoms with Gasteiger partial charge >= 0.3 is 6.09 Å². The van der Waals surface area contributed by atoms with Crippen molar-refractivity contribution in [1.29, 1.82) is 0 Å². The number of phenolic OH excluding ortho intramolecular Hbond substituents is 1. The van der Waals surface area contributed by atoms with Gasteiger partial charge in [0.2, 0.25) is 17.7 Å². The number of primary amides is 1. The lowest BCUT2D eigenvalue weighted by molar-refractivity contribution is -0.143. The standard InChI is InChI=1S/C27H42N4O6/c1-5-6-16-31(25(35)21(17-22(28)33)30-26(36)37-27(2,3)4)23(18-12-14-20(32)15-13-18)24(34)29-19-10-8-7-9-11-19/h12-15,19,21,23,32H,5-11,16-17H2,1-4H3,(H2,28,33)(H,29,34)(H,30,36). The molecule has 0 heterocycles. The molecule has 0 radical (unpaired) electrons. The Hall–Kier alpha value is -3.30. The van der Waals surface area contributed by atoms with Gasteiger partial charge in [0.1, 0.15) is 23.4 Å². The second-order valence-corrected chi connectivity index (χ2v) is 10.6. The highest BCUT2D eigenvalue weighted by atomic mass is 16.6. The molecule has 0 spiro atoms. The molecule has 1 aliphatic carbocycles. The minimum Gasteiger partial charge on any atom is -0.508 e. The minimum absolute atomic E-state index is 0.00490. The molecule has 0 aliphatic heterocycles. The summed E-state index contributed by atoms with van der Waals surface area (Å²) >= 11 is 0. The monoisotopic (exact) mass is 518 g/mol. The lowest BCUT2D eigenvalue weighted by Crippen LogP contribution is -2.55. The molecule has 2 rings (SSSR count). The van der Waals surface area contributed by atoms with E-state index < -0.39 is 42.0 Å². The fourth-order valence-corrected chi connectivity index (χ4v) is 4.40. The van der Waals surface area contributed by atoms with Crippen LogP contribution in [0.15, 0.2) is 24.3 Å². The van der Waals surface area contributed by atoms with E-state index in [1.165, 1.54) is 17.0 Å². The summed E-state index contributed by atoms with van der Waals surface area (Å²) in [4.78, 5) is 53.3. The summed E-state index contributed by atoms with van der Waals surface area (Å²) in [6.07, 6.45) is 4.91. The van der Waals surface area contributed by atoms with E-state index in [0.29, 0.717) is 12.0 Å². The van der Waals surface area contributed by atoms with Crippen LogP contribution in [0.2, 0.25) is 0 Å². The molecule has 4 amide bonds. The molecule has 0 aromatic heterocycles. The maximum absolute atomic E-state index is 13.9. The third kappa shape index (κ3) is 9.93. The van der Waals surface area contributed by atoms with Gasteiger partial charge in [-0.15, -0.1) is 0 Å². The maximum atomic E-state index is 13.9. The van der Waals surface area contributed by atoms with Gasteiger partial charge < -0.3 is 31.1 Å². The van der Waals surface area contributed by atoms with E-state index in [-0.39, 0.29) is 24.2 Å². The number of benzene rings is 1. The van der Waals surface area contributed by atoms with Gasteiger partial charge in [0.15, 0.2) is 0 Å². The van der Waals surface area contributed by atoms with Crippen molar-refractivity contribution >= 4 is 23.8 Å². The molecule has 10 nitrogen and oxygen atoms in total. The molecule has 5 N–H and O–H groups in total. The van der Waals surface area contributed by atoms with E-state index in [2.05, 4.69) is 10.6 Å². The van der Waals surface area contributed by atoms with Crippen LogP contribution in [0.25, 0.3) is 0 Å². The molecule has 206 valence electrons. The van der Waals surface area contributed by atoms with Gasteiger partial charge in [-0.3, -0.25) is 14.4 Å². The van der Waals surface area contributed by atoms with Crippen molar-refractivity contribution in [2.45, 2.75) is 103 Å². The second-order valence-electron chi connectivity index (χ2n) is 10.6. The normalized spacial score (nSPS) is 15.8. The van der Waals surface area contributed by atoms with E-state index in [4.69, 9.17) is 10.5 Å². The Bertz CT molecular complexity index is 922. The van der Waals surface area contributed by atoms with Crippen LogP contribution >= 0.6 is 0 Å². The summed E-state index contributed by atoms with van der Waals surface area (Å²) in [5.41, 5.74) is 5.10. The molecule has 1 aromatic rings. The van der Waals surface area contributed by atoms with Crippen LogP contribution in [0.3, 0.4) is 0 Å². The summed E-state index contributed by atoms with van der Waals surface area (Å²) in [5.74, 6) is -1.72. The zero-order chi connectivity index (χ0) is 27.6. The fraction of sp³-hybridized carbons (Fsp3) is 0.630. The lowest BCUT2D eigenvalue weighted by Gasteiger charge is -2.35. The zero-order valence-electron chi connectivity index (χ0n) is 22.4. The van der Waals surface area contributed by atoms with Crippen LogP contribution < -0.4 is 16.4 Å². The number of unbranched alkanes of at least 4 members (excludes halogenated alkanes) is 1. The van der Waals surface area contributed by atoms with Crippen molar-refractivity contribution < 1.29 is 29.0 Å². The van der Waals surface area contributed by atoms with E-state index in [1.807, 2.05) is 6.92 Å². The molecule has 1 aliphatic rings.